The zero-order valence-electron chi connectivity index (χ0n) is 11.1. The summed E-state index contributed by atoms with van der Waals surface area (Å²) >= 11 is 0. The van der Waals surface area contributed by atoms with Crippen LogP contribution in [-0.4, -0.2) is 39.4 Å². The molecule has 19 heavy (non-hydrogen) atoms. The summed E-state index contributed by atoms with van der Waals surface area (Å²) in [7, 11) is 3.50. The van der Waals surface area contributed by atoms with Crippen molar-refractivity contribution in [1.82, 2.24) is 19.4 Å². The number of carbonyl (C=O) groups is 1. The summed E-state index contributed by atoms with van der Waals surface area (Å²) in [5.41, 5.74) is 7.55. The molecule has 100 valence electrons. The molecule has 6 nitrogen and oxygen atoms in total. The summed E-state index contributed by atoms with van der Waals surface area (Å²) in [5, 5.41) is 0. The minimum absolute atomic E-state index is 0.0916. The molecule has 0 bridgehead atoms. The van der Waals surface area contributed by atoms with Gasteiger partial charge < -0.3 is 15.2 Å². The van der Waals surface area contributed by atoms with Crippen LogP contribution in [0.15, 0.2) is 30.9 Å². The van der Waals surface area contributed by atoms with Gasteiger partial charge in [-0.3, -0.25) is 4.79 Å². The minimum atomic E-state index is 0.0916. The van der Waals surface area contributed by atoms with Crippen molar-refractivity contribution in [3.05, 3.63) is 30.9 Å². The van der Waals surface area contributed by atoms with E-state index in [1.54, 1.807) is 43.8 Å². The molecule has 0 spiro atoms. The highest BCUT2D eigenvalue weighted by Crippen LogP contribution is 2.20. The largest absolute Gasteiger partial charge is 0.384 e. The molecule has 0 aromatic carbocycles. The molecule has 0 saturated heterocycles. The lowest BCUT2D eigenvalue weighted by atomic mass is 10.2. The standard InChI is InChI=1S/C13H17N5O/c1-17(2)13(19)4-6-18-9-15-8-11(18)10-3-5-16-12(14)7-10/h3,5,7-9H,4,6H2,1-2H3,(H2,14,16). The van der Waals surface area contributed by atoms with Gasteiger partial charge in [-0.15, -0.1) is 0 Å². The summed E-state index contributed by atoms with van der Waals surface area (Å²) in [6.07, 6.45) is 5.58. The lowest BCUT2D eigenvalue weighted by Crippen LogP contribution is -2.22. The number of amides is 1. The molecule has 0 saturated carbocycles. The number of nitrogens with zero attached hydrogens (tertiary/aromatic N) is 4. The lowest BCUT2D eigenvalue weighted by Gasteiger charge is -2.12. The topological polar surface area (TPSA) is 77.0 Å². The maximum Gasteiger partial charge on any atom is 0.223 e. The molecule has 2 rings (SSSR count). The Morgan fingerprint density at radius 2 is 2.26 bits per heavy atom. The Balaban J connectivity index is 2.16. The van der Waals surface area contributed by atoms with Crippen LogP contribution >= 0.6 is 0 Å². The smallest absolute Gasteiger partial charge is 0.223 e. The van der Waals surface area contributed by atoms with E-state index in [9.17, 15) is 4.79 Å². The van der Waals surface area contributed by atoms with E-state index < -0.39 is 0 Å². The number of hydrogen-bond acceptors (Lipinski definition) is 4. The van der Waals surface area contributed by atoms with Gasteiger partial charge in [0.1, 0.15) is 5.82 Å². The molecule has 0 radical (unpaired) electrons. The number of anilines is 1. The first-order valence-electron chi connectivity index (χ1n) is 6.00. The molecule has 2 heterocycles. The Morgan fingerprint density at radius 1 is 1.47 bits per heavy atom. The predicted octanol–water partition coefficient (Wildman–Crippen LogP) is 1.01. The third-order valence-electron chi connectivity index (χ3n) is 2.85. The van der Waals surface area contributed by atoms with Gasteiger partial charge in [0, 0.05) is 38.8 Å². The van der Waals surface area contributed by atoms with Crippen LogP contribution in [0.3, 0.4) is 0 Å². The molecule has 0 unspecified atom stereocenters. The van der Waals surface area contributed by atoms with E-state index in [2.05, 4.69) is 9.97 Å². The molecule has 0 aliphatic heterocycles. The van der Waals surface area contributed by atoms with Gasteiger partial charge in [0.15, 0.2) is 0 Å². The molecule has 0 atom stereocenters. The predicted molar refractivity (Wildman–Crippen MR) is 73.2 cm³/mol. The number of aromatic nitrogens is 3. The number of imidazole rings is 1. The van der Waals surface area contributed by atoms with Crippen molar-refractivity contribution >= 4 is 11.7 Å². The van der Waals surface area contributed by atoms with Gasteiger partial charge in [0.2, 0.25) is 5.91 Å². The maximum absolute atomic E-state index is 11.6. The van der Waals surface area contributed by atoms with E-state index in [0.29, 0.717) is 18.8 Å². The first-order valence-corrected chi connectivity index (χ1v) is 6.00. The molecule has 2 aromatic rings. The van der Waals surface area contributed by atoms with Crippen LogP contribution in [0.1, 0.15) is 6.42 Å². The molecular weight excluding hydrogens is 242 g/mol. The molecule has 1 amide bonds. The molecular formula is C13H17N5O. The van der Waals surface area contributed by atoms with Crippen molar-refractivity contribution in [1.29, 1.82) is 0 Å². The van der Waals surface area contributed by atoms with E-state index in [4.69, 9.17) is 5.73 Å². The average molecular weight is 259 g/mol. The summed E-state index contributed by atoms with van der Waals surface area (Å²) in [4.78, 5) is 21.3. The third kappa shape index (κ3) is 3.09. The molecule has 0 aliphatic carbocycles. The number of pyridine rings is 1. The number of nitrogen functional groups attached to an aromatic ring is 1. The molecule has 6 heteroatoms. The van der Waals surface area contributed by atoms with Crippen LogP contribution in [0.5, 0.6) is 0 Å². The zero-order chi connectivity index (χ0) is 13.8. The van der Waals surface area contributed by atoms with E-state index in [0.717, 1.165) is 11.3 Å². The highest BCUT2D eigenvalue weighted by molar-refractivity contribution is 5.75. The second-order valence-electron chi connectivity index (χ2n) is 4.48. The van der Waals surface area contributed by atoms with E-state index in [-0.39, 0.29) is 5.91 Å². The number of rotatable bonds is 4. The fourth-order valence-electron chi connectivity index (χ4n) is 1.79. The van der Waals surface area contributed by atoms with Crippen LogP contribution < -0.4 is 5.73 Å². The van der Waals surface area contributed by atoms with Crippen molar-refractivity contribution in [3.8, 4) is 11.3 Å². The van der Waals surface area contributed by atoms with Crippen LogP contribution in [0.2, 0.25) is 0 Å². The third-order valence-corrected chi connectivity index (χ3v) is 2.85. The second kappa shape index (κ2) is 5.51. The highest BCUT2D eigenvalue weighted by Gasteiger charge is 2.09. The van der Waals surface area contributed by atoms with Gasteiger partial charge in [-0.2, -0.15) is 0 Å². The van der Waals surface area contributed by atoms with Crippen LogP contribution in [0.4, 0.5) is 5.82 Å². The first kappa shape index (κ1) is 13.1. The fraction of sp³-hybridized carbons (Fsp3) is 0.308. The van der Waals surface area contributed by atoms with Crippen molar-refractivity contribution in [2.45, 2.75) is 13.0 Å². The van der Waals surface area contributed by atoms with Crippen LogP contribution in [0, 0.1) is 0 Å². The Labute approximate surface area is 111 Å². The quantitative estimate of drug-likeness (QED) is 0.888. The normalized spacial score (nSPS) is 10.4. The van der Waals surface area contributed by atoms with Gasteiger partial charge >= 0.3 is 0 Å². The Hall–Kier alpha value is -2.37. The minimum Gasteiger partial charge on any atom is -0.384 e. The van der Waals surface area contributed by atoms with Crippen LogP contribution in [0.25, 0.3) is 11.3 Å². The van der Waals surface area contributed by atoms with Gasteiger partial charge in [-0.05, 0) is 12.1 Å². The maximum atomic E-state index is 11.6. The monoisotopic (exact) mass is 259 g/mol. The van der Waals surface area contributed by atoms with Gasteiger partial charge in [-0.1, -0.05) is 0 Å². The van der Waals surface area contributed by atoms with E-state index >= 15 is 0 Å². The molecule has 0 aliphatic rings. The fourth-order valence-corrected chi connectivity index (χ4v) is 1.79. The van der Waals surface area contributed by atoms with E-state index in [1.807, 2.05) is 10.6 Å². The van der Waals surface area contributed by atoms with Crippen molar-refractivity contribution in [3.63, 3.8) is 0 Å². The summed E-state index contributed by atoms with van der Waals surface area (Å²) in [5.74, 6) is 0.559. The first-order chi connectivity index (χ1) is 9.08. The van der Waals surface area contributed by atoms with E-state index in [1.165, 1.54) is 0 Å². The molecule has 0 fully saturated rings. The number of aryl methyl sites for hydroxylation is 1. The van der Waals surface area contributed by atoms with Crippen molar-refractivity contribution < 1.29 is 4.79 Å². The SMILES string of the molecule is CN(C)C(=O)CCn1cncc1-c1ccnc(N)c1. The van der Waals surface area contributed by atoms with Gasteiger partial charge in [0.05, 0.1) is 18.2 Å². The average Bonchev–Trinajstić information content (AvgIpc) is 2.84. The Bertz CT molecular complexity index is 576. The number of hydrogen-bond donors (Lipinski definition) is 1. The summed E-state index contributed by atoms with van der Waals surface area (Å²) < 4.78 is 1.94. The van der Waals surface area contributed by atoms with Crippen molar-refractivity contribution in [2.75, 3.05) is 19.8 Å². The Kier molecular flexibility index (Phi) is 3.79. The van der Waals surface area contributed by atoms with Gasteiger partial charge in [-0.25, -0.2) is 9.97 Å². The zero-order valence-corrected chi connectivity index (χ0v) is 11.1. The molecule has 2 N–H and O–H groups in total. The van der Waals surface area contributed by atoms with Crippen LogP contribution in [-0.2, 0) is 11.3 Å². The number of carbonyl (C=O) groups excluding carboxylic acids is 1. The Morgan fingerprint density at radius 3 is 2.95 bits per heavy atom. The second-order valence-corrected chi connectivity index (χ2v) is 4.48. The highest BCUT2D eigenvalue weighted by atomic mass is 16.2. The summed E-state index contributed by atoms with van der Waals surface area (Å²) in [6, 6.07) is 3.67. The van der Waals surface area contributed by atoms with Gasteiger partial charge in [0.25, 0.3) is 0 Å². The number of nitrogens with two attached hydrogens (primary N) is 1. The lowest BCUT2D eigenvalue weighted by molar-refractivity contribution is -0.128. The molecule has 2 aromatic heterocycles. The van der Waals surface area contributed by atoms with Crippen molar-refractivity contribution in [2.24, 2.45) is 0 Å². The summed E-state index contributed by atoms with van der Waals surface area (Å²) in [6.45, 7) is 0.592.